The summed E-state index contributed by atoms with van der Waals surface area (Å²) in [6.45, 7) is 4.64. The van der Waals surface area contributed by atoms with Crippen LogP contribution in [0.5, 0.6) is 0 Å². The summed E-state index contributed by atoms with van der Waals surface area (Å²) >= 11 is 0. The largest absolute Gasteiger partial charge is 0.344 e. The lowest BCUT2D eigenvalue weighted by Crippen LogP contribution is -2.47. The van der Waals surface area contributed by atoms with Gasteiger partial charge < -0.3 is 10.2 Å². The number of para-hydroxylation sites is 1. The first-order chi connectivity index (χ1) is 16.8. The van der Waals surface area contributed by atoms with Crippen LogP contribution in [0.4, 0.5) is 5.69 Å². The van der Waals surface area contributed by atoms with Crippen LogP contribution in [0.2, 0.25) is 0 Å². The van der Waals surface area contributed by atoms with E-state index in [1.807, 2.05) is 36.4 Å². The lowest BCUT2D eigenvalue weighted by atomic mass is 10.0. The summed E-state index contributed by atoms with van der Waals surface area (Å²) in [6, 6.07) is 24.8. The Bertz CT molecular complexity index is 1210. The van der Waals surface area contributed by atoms with Crippen LogP contribution in [0.15, 0.2) is 89.8 Å². The van der Waals surface area contributed by atoms with Crippen molar-refractivity contribution in [2.75, 3.05) is 51.1 Å². The summed E-state index contributed by atoms with van der Waals surface area (Å²) in [7, 11) is -0.0910. The molecule has 184 valence electrons. The van der Waals surface area contributed by atoms with E-state index in [-0.39, 0.29) is 16.8 Å². The van der Waals surface area contributed by atoms with Crippen LogP contribution in [0, 0.1) is 0 Å². The Morgan fingerprint density at radius 1 is 0.886 bits per heavy atom. The second-order valence-electron chi connectivity index (χ2n) is 8.87. The average Bonchev–Trinajstić information content (AvgIpc) is 2.90. The fraction of sp³-hybridized carbons (Fsp3) is 0.296. The fourth-order valence-electron chi connectivity index (χ4n) is 4.16. The molecule has 0 aliphatic carbocycles. The lowest BCUT2D eigenvalue weighted by Gasteiger charge is -2.35. The number of benzene rings is 3. The molecule has 0 bridgehead atoms. The third-order valence-corrected chi connectivity index (χ3v) is 8.24. The maximum atomic E-state index is 13.1. The van der Waals surface area contributed by atoms with Gasteiger partial charge in [0.2, 0.25) is 0 Å². The zero-order chi connectivity index (χ0) is 24.8. The van der Waals surface area contributed by atoms with Gasteiger partial charge in [0.25, 0.3) is 15.9 Å². The number of nitrogens with zero attached hydrogens (tertiary/aromatic N) is 3. The molecule has 35 heavy (non-hydrogen) atoms. The number of carbonyl (C=O) groups is 1. The molecule has 3 aromatic carbocycles. The molecule has 3 aromatic rings. The minimum Gasteiger partial charge on any atom is -0.344 e. The number of likely N-dealkylation sites (N-methyl/N-ethyl adjacent to an activating group) is 1. The highest BCUT2D eigenvalue weighted by atomic mass is 32.2. The number of carbonyl (C=O) groups excluding carboxylic acids is 1. The summed E-state index contributed by atoms with van der Waals surface area (Å²) in [5.41, 5.74) is 2.04. The molecule has 1 unspecified atom stereocenters. The number of hydrogen-bond donors (Lipinski definition) is 1. The third-order valence-electron chi connectivity index (χ3n) is 6.44. The zero-order valence-corrected chi connectivity index (χ0v) is 21.0. The van der Waals surface area contributed by atoms with Crippen LogP contribution < -0.4 is 9.62 Å². The van der Waals surface area contributed by atoms with Gasteiger partial charge >= 0.3 is 0 Å². The molecule has 0 saturated carbocycles. The van der Waals surface area contributed by atoms with Crippen molar-refractivity contribution in [1.29, 1.82) is 0 Å². The van der Waals surface area contributed by atoms with Gasteiger partial charge in [-0.25, -0.2) is 8.42 Å². The van der Waals surface area contributed by atoms with Crippen molar-refractivity contribution >= 4 is 21.6 Å². The van der Waals surface area contributed by atoms with E-state index in [0.717, 1.165) is 38.3 Å². The molecule has 0 aromatic heterocycles. The predicted octanol–water partition coefficient (Wildman–Crippen LogP) is 3.23. The van der Waals surface area contributed by atoms with Crippen LogP contribution in [0.25, 0.3) is 0 Å². The number of nitrogens with one attached hydrogen (secondary N) is 1. The highest BCUT2D eigenvalue weighted by Gasteiger charge is 2.24. The van der Waals surface area contributed by atoms with E-state index in [0.29, 0.717) is 11.3 Å². The van der Waals surface area contributed by atoms with Crippen molar-refractivity contribution in [3.8, 4) is 0 Å². The minimum atomic E-state index is -3.73. The summed E-state index contributed by atoms with van der Waals surface area (Å²) < 4.78 is 27.3. The molecule has 1 amide bonds. The average molecular weight is 493 g/mol. The monoisotopic (exact) mass is 492 g/mol. The van der Waals surface area contributed by atoms with Crippen LogP contribution >= 0.6 is 0 Å². The Hall–Kier alpha value is -3.20. The molecule has 0 radical (unpaired) electrons. The summed E-state index contributed by atoms with van der Waals surface area (Å²) in [5, 5.41) is 3.16. The van der Waals surface area contributed by atoms with Crippen molar-refractivity contribution in [3.63, 3.8) is 0 Å². The van der Waals surface area contributed by atoms with Gasteiger partial charge in [-0.1, -0.05) is 48.5 Å². The third kappa shape index (κ3) is 6.08. The van der Waals surface area contributed by atoms with Gasteiger partial charge in [0.05, 0.1) is 16.6 Å². The van der Waals surface area contributed by atoms with Gasteiger partial charge in [-0.2, -0.15) is 0 Å². The van der Waals surface area contributed by atoms with Gasteiger partial charge in [-0.15, -0.1) is 0 Å². The molecule has 1 N–H and O–H groups in total. The molecule has 0 spiro atoms. The van der Waals surface area contributed by atoms with Gasteiger partial charge in [0, 0.05) is 45.3 Å². The first-order valence-corrected chi connectivity index (χ1v) is 13.2. The zero-order valence-electron chi connectivity index (χ0n) is 20.2. The second kappa shape index (κ2) is 11.0. The molecule has 1 heterocycles. The van der Waals surface area contributed by atoms with Crippen molar-refractivity contribution in [3.05, 3.63) is 96.1 Å². The first kappa shape index (κ1) is 24.9. The van der Waals surface area contributed by atoms with E-state index in [9.17, 15) is 13.2 Å². The van der Waals surface area contributed by atoms with Crippen molar-refractivity contribution < 1.29 is 13.2 Å². The lowest BCUT2D eigenvalue weighted by molar-refractivity contribution is 0.0907. The maximum absolute atomic E-state index is 13.1. The van der Waals surface area contributed by atoms with Crippen LogP contribution in [0.1, 0.15) is 22.0 Å². The highest BCUT2D eigenvalue weighted by molar-refractivity contribution is 7.92. The molecule has 1 atom stereocenters. The second-order valence-corrected chi connectivity index (χ2v) is 10.8. The molecule has 1 saturated heterocycles. The smallest absolute Gasteiger partial charge is 0.264 e. The Kier molecular flexibility index (Phi) is 7.85. The molecule has 8 heteroatoms. The topological polar surface area (TPSA) is 73.0 Å². The minimum absolute atomic E-state index is 0.137. The van der Waals surface area contributed by atoms with Crippen LogP contribution in [-0.4, -0.2) is 70.9 Å². The Labute approximate surface area is 208 Å². The SMILES string of the molecule is CN1CCN(CC(NC(=O)c2ccc(S(=O)(=O)N(C)c3ccccc3)cc2)c2ccccc2)CC1. The summed E-state index contributed by atoms with van der Waals surface area (Å²) in [6.07, 6.45) is 0. The first-order valence-electron chi connectivity index (χ1n) is 11.8. The van der Waals surface area contributed by atoms with Crippen molar-refractivity contribution in [2.24, 2.45) is 0 Å². The number of piperazine rings is 1. The number of sulfonamides is 1. The van der Waals surface area contributed by atoms with E-state index in [2.05, 4.69) is 22.2 Å². The van der Waals surface area contributed by atoms with Crippen molar-refractivity contribution in [2.45, 2.75) is 10.9 Å². The number of rotatable bonds is 8. The standard InChI is InChI=1S/C27H32N4O3S/c1-29-17-19-31(20-18-29)21-26(22-9-5-3-6-10-22)28-27(32)23-13-15-25(16-14-23)35(33,34)30(2)24-11-7-4-8-12-24/h3-16,26H,17-21H2,1-2H3,(H,28,32). The van der Waals surface area contributed by atoms with Crippen molar-refractivity contribution in [1.82, 2.24) is 15.1 Å². The fourth-order valence-corrected chi connectivity index (χ4v) is 5.36. The van der Waals surface area contributed by atoms with Gasteiger partial charge in [0.15, 0.2) is 0 Å². The Morgan fingerprint density at radius 3 is 2.06 bits per heavy atom. The van der Waals surface area contributed by atoms with Gasteiger partial charge in [0.1, 0.15) is 0 Å². The van der Waals surface area contributed by atoms with E-state index in [1.165, 1.54) is 23.5 Å². The Morgan fingerprint density at radius 2 is 1.46 bits per heavy atom. The normalized spacial score (nSPS) is 15.9. The molecular weight excluding hydrogens is 460 g/mol. The molecule has 1 aliphatic heterocycles. The van der Waals surface area contributed by atoms with Crippen LogP contribution in [-0.2, 0) is 10.0 Å². The van der Waals surface area contributed by atoms with E-state index >= 15 is 0 Å². The molecule has 7 nitrogen and oxygen atoms in total. The van der Waals surface area contributed by atoms with E-state index in [1.54, 1.807) is 36.4 Å². The van der Waals surface area contributed by atoms with Gasteiger partial charge in [-0.05, 0) is 49.0 Å². The number of amides is 1. The summed E-state index contributed by atoms with van der Waals surface area (Å²) in [5.74, 6) is -0.228. The number of hydrogen-bond acceptors (Lipinski definition) is 5. The van der Waals surface area contributed by atoms with Crippen LogP contribution in [0.3, 0.4) is 0 Å². The molecular formula is C27H32N4O3S. The van der Waals surface area contributed by atoms with E-state index < -0.39 is 10.0 Å². The Balaban J connectivity index is 1.48. The molecule has 4 rings (SSSR count). The summed E-state index contributed by atoms with van der Waals surface area (Å²) in [4.78, 5) is 17.9. The predicted molar refractivity (Wildman–Crippen MR) is 139 cm³/mol. The van der Waals surface area contributed by atoms with E-state index in [4.69, 9.17) is 0 Å². The highest BCUT2D eigenvalue weighted by Crippen LogP contribution is 2.22. The quantitative estimate of drug-likeness (QED) is 0.523. The maximum Gasteiger partial charge on any atom is 0.264 e. The number of anilines is 1. The molecule has 1 aliphatic rings. The van der Waals surface area contributed by atoms with Gasteiger partial charge in [-0.3, -0.25) is 14.0 Å². The molecule has 1 fully saturated rings.